The van der Waals surface area contributed by atoms with Gasteiger partial charge in [-0.15, -0.1) is 0 Å². The predicted molar refractivity (Wildman–Crippen MR) is 92.2 cm³/mol. The maximum Gasteiger partial charge on any atom is 0.140 e. The Hall–Kier alpha value is -2.55. The van der Waals surface area contributed by atoms with Crippen LogP contribution in [0.25, 0.3) is 33.3 Å². The molecule has 0 aliphatic carbocycles. The Morgan fingerprint density at radius 1 is 1.09 bits per heavy atom. The molecule has 0 saturated carbocycles. The molecule has 0 fully saturated rings. The van der Waals surface area contributed by atoms with Gasteiger partial charge in [-0.2, -0.15) is 0 Å². The largest absolute Gasteiger partial charge is 0.347 e. The Kier molecular flexibility index (Phi) is 2.83. The van der Waals surface area contributed by atoms with Crippen LogP contribution in [-0.4, -0.2) is 14.5 Å². The molecule has 0 atom stereocenters. The molecule has 0 radical (unpaired) electrons. The van der Waals surface area contributed by atoms with Crippen molar-refractivity contribution in [2.75, 3.05) is 0 Å². The molecule has 0 unspecified atom stereocenters. The number of imidazole rings is 1. The van der Waals surface area contributed by atoms with E-state index in [0.717, 1.165) is 23.4 Å². The molecule has 0 amide bonds. The summed E-state index contributed by atoms with van der Waals surface area (Å²) in [5.41, 5.74) is 7.13. The van der Waals surface area contributed by atoms with E-state index < -0.39 is 0 Å². The number of rotatable bonds is 2. The summed E-state index contributed by atoms with van der Waals surface area (Å²) in [6.07, 6.45) is 2.20. The first-order valence-electron chi connectivity index (χ1n) is 7.72. The number of nitrogens with one attached hydrogen (secondary N) is 1. The number of nitrogens with zero attached hydrogens (tertiary/aromatic N) is 2. The number of H-pyrrole nitrogens is 1. The summed E-state index contributed by atoms with van der Waals surface area (Å²) in [5.74, 6) is 0.948. The van der Waals surface area contributed by atoms with Crippen molar-refractivity contribution in [3.63, 3.8) is 0 Å². The Bertz CT molecular complexity index is 950. The molecule has 22 heavy (non-hydrogen) atoms. The Morgan fingerprint density at radius 2 is 1.86 bits per heavy atom. The van der Waals surface area contributed by atoms with E-state index in [0.29, 0.717) is 0 Å². The third kappa shape index (κ3) is 1.86. The van der Waals surface area contributed by atoms with E-state index in [-0.39, 0.29) is 0 Å². The zero-order chi connectivity index (χ0) is 15.3. The van der Waals surface area contributed by atoms with E-state index in [4.69, 9.17) is 4.98 Å². The monoisotopic (exact) mass is 289 g/mol. The van der Waals surface area contributed by atoms with Crippen LogP contribution in [0.2, 0.25) is 0 Å². The van der Waals surface area contributed by atoms with Gasteiger partial charge in [0.15, 0.2) is 0 Å². The number of aromatic nitrogens is 3. The number of benzene rings is 2. The lowest BCUT2D eigenvalue weighted by molar-refractivity contribution is 0.798. The van der Waals surface area contributed by atoms with Gasteiger partial charge < -0.3 is 9.55 Å². The molecule has 0 aliphatic rings. The van der Waals surface area contributed by atoms with Crippen molar-refractivity contribution in [2.24, 2.45) is 0 Å². The Labute approximate surface area is 129 Å². The van der Waals surface area contributed by atoms with E-state index in [1.807, 2.05) is 0 Å². The quantitative estimate of drug-likeness (QED) is 0.564. The average Bonchev–Trinajstić information content (AvgIpc) is 3.08. The third-order valence-corrected chi connectivity index (χ3v) is 4.48. The average molecular weight is 289 g/mol. The predicted octanol–water partition coefficient (Wildman–Crippen LogP) is 4.82. The highest BCUT2D eigenvalue weighted by atomic mass is 15.0. The van der Waals surface area contributed by atoms with Crippen LogP contribution in [0.5, 0.6) is 0 Å². The van der Waals surface area contributed by atoms with Crippen molar-refractivity contribution >= 4 is 21.9 Å². The van der Waals surface area contributed by atoms with Gasteiger partial charge in [-0.3, -0.25) is 0 Å². The minimum Gasteiger partial charge on any atom is -0.347 e. The Balaban J connectivity index is 1.99. The van der Waals surface area contributed by atoms with Crippen LogP contribution in [0.4, 0.5) is 0 Å². The van der Waals surface area contributed by atoms with Crippen LogP contribution >= 0.6 is 0 Å². The smallest absolute Gasteiger partial charge is 0.140 e. The lowest BCUT2D eigenvalue weighted by atomic mass is 10.1. The van der Waals surface area contributed by atoms with Gasteiger partial charge in [0.1, 0.15) is 5.82 Å². The summed E-state index contributed by atoms with van der Waals surface area (Å²) >= 11 is 0. The van der Waals surface area contributed by atoms with E-state index in [9.17, 15) is 0 Å². The molecule has 3 heteroatoms. The topological polar surface area (TPSA) is 33.6 Å². The molecule has 110 valence electrons. The van der Waals surface area contributed by atoms with Crippen LogP contribution in [0.3, 0.4) is 0 Å². The van der Waals surface area contributed by atoms with Crippen molar-refractivity contribution in [1.82, 2.24) is 14.5 Å². The molecule has 2 aromatic carbocycles. The number of hydrogen-bond acceptors (Lipinski definition) is 1. The van der Waals surface area contributed by atoms with Gasteiger partial charge in [0.2, 0.25) is 0 Å². The molecule has 3 nitrogen and oxygen atoms in total. The van der Waals surface area contributed by atoms with Crippen LogP contribution in [0, 0.1) is 13.8 Å². The molecule has 0 aliphatic heterocycles. The second-order valence-electron chi connectivity index (χ2n) is 5.88. The summed E-state index contributed by atoms with van der Waals surface area (Å²) in [6, 6.07) is 12.8. The standard InChI is InChI=1S/C19H19N3/c1-4-22-11-15(14-7-5-6-8-18(14)22)19-20-16-9-12(2)13(3)10-17(16)21-19/h5-11H,4H2,1-3H3,(H,20,21). The van der Waals surface area contributed by atoms with Crippen LogP contribution in [0.15, 0.2) is 42.6 Å². The zero-order valence-electron chi connectivity index (χ0n) is 13.1. The van der Waals surface area contributed by atoms with Gasteiger partial charge in [0.25, 0.3) is 0 Å². The van der Waals surface area contributed by atoms with E-state index in [2.05, 4.69) is 72.9 Å². The van der Waals surface area contributed by atoms with E-state index in [1.165, 1.54) is 27.6 Å². The summed E-state index contributed by atoms with van der Waals surface area (Å²) in [4.78, 5) is 8.30. The molecule has 4 rings (SSSR count). The summed E-state index contributed by atoms with van der Waals surface area (Å²) < 4.78 is 2.27. The van der Waals surface area contributed by atoms with Gasteiger partial charge in [0, 0.05) is 29.2 Å². The van der Waals surface area contributed by atoms with Crippen molar-refractivity contribution in [2.45, 2.75) is 27.3 Å². The number of para-hydroxylation sites is 1. The SMILES string of the molecule is CCn1cc(-c2nc3cc(C)c(C)cc3[nH]2)c2ccccc21. The van der Waals surface area contributed by atoms with Crippen LogP contribution in [0.1, 0.15) is 18.1 Å². The maximum atomic E-state index is 4.81. The first-order chi connectivity index (χ1) is 10.7. The molecule has 2 aromatic heterocycles. The number of aryl methyl sites for hydroxylation is 3. The Morgan fingerprint density at radius 3 is 2.68 bits per heavy atom. The molecule has 4 aromatic rings. The highest BCUT2D eigenvalue weighted by Crippen LogP contribution is 2.30. The second-order valence-corrected chi connectivity index (χ2v) is 5.88. The van der Waals surface area contributed by atoms with Crippen LogP contribution in [-0.2, 0) is 6.54 Å². The lowest BCUT2D eigenvalue weighted by Gasteiger charge is -1.97. The minimum atomic E-state index is 0.948. The first kappa shape index (κ1) is 13.1. The molecule has 0 spiro atoms. The van der Waals surface area contributed by atoms with Gasteiger partial charge in [-0.05, 0) is 50.1 Å². The van der Waals surface area contributed by atoms with Gasteiger partial charge in [-0.25, -0.2) is 4.98 Å². The molecule has 1 N–H and O–H groups in total. The van der Waals surface area contributed by atoms with E-state index >= 15 is 0 Å². The summed E-state index contributed by atoms with van der Waals surface area (Å²) in [7, 11) is 0. The van der Waals surface area contributed by atoms with Crippen LogP contribution < -0.4 is 0 Å². The van der Waals surface area contributed by atoms with Gasteiger partial charge in [0.05, 0.1) is 11.0 Å². The molecule has 0 saturated heterocycles. The zero-order valence-corrected chi connectivity index (χ0v) is 13.1. The highest BCUT2D eigenvalue weighted by Gasteiger charge is 2.13. The van der Waals surface area contributed by atoms with E-state index in [1.54, 1.807) is 0 Å². The number of hydrogen-bond donors (Lipinski definition) is 1. The van der Waals surface area contributed by atoms with Crippen molar-refractivity contribution < 1.29 is 0 Å². The summed E-state index contributed by atoms with van der Waals surface area (Å²) in [6.45, 7) is 7.39. The molecular weight excluding hydrogens is 270 g/mol. The third-order valence-electron chi connectivity index (χ3n) is 4.48. The second kappa shape index (κ2) is 4.73. The van der Waals surface area contributed by atoms with Crippen molar-refractivity contribution in [3.8, 4) is 11.4 Å². The fraction of sp³-hybridized carbons (Fsp3) is 0.211. The fourth-order valence-corrected chi connectivity index (χ4v) is 3.09. The normalized spacial score (nSPS) is 11.6. The maximum absolute atomic E-state index is 4.81. The molecule has 0 bridgehead atoms. The highest BCUT2D eigenvalue weighted by molar-refractivity contribution is 5.96. The van der Waals surface area contributed by atoms with Gasteiger partial charge >= 0.3 is 0 Å². The number of fused-ring (bicyclic) bond motifs is 2. The summed E-state index contributed by atoms with van der Waals surface area (Å²) in [5, 5.41) is 1.25. The van der Waals surface area contributed by atoms with Crippen molar-refractivity contribution in [1.29, 1.82) is 0 Å². The molecule has 2 heterocycles. The van der Waals surface area contributed by atoms with Crippen molar-refractivity contribution in [3.05, 3.63) is 53.7 Å². The van der Waals surface area contributed by atoms with Gasteiger partial charge in [-0.1, -0.05) is 18.2 Å². The first-order valence-corrected chi connectivity index (χ1v) is 7.72. The lowest BCUT2D eigenvalue weighted by Crippen LogP contribution is -1.89. The fourth-order valence-electron chi connectivity index (χ4n) is 3.09. The molecular formula is C19H19N3. The minimum absolute atomic E-state index is 0.948. The number of aromatic amines is 1.